The Labute approximate surface area is 130 Å². The van der Waals surface area contributed by atoms with Gasteiger partial charge in [0, 0.05) is 0 Å². The van der Waals surface area contributed by atoms with E-state index in [0.29, 0.717) is 19.3 Å². The van der Waals surface area contributed by atoms with Gasteiger partial charge < -0.3 is 9.84 Å². The van der Waals surface area contributed by atoms with Gasteiger partial charge in [-0.1, -0.05) is 0 Å². The van der Waals surface area contributed by atoms with E-state index in [-0.39, 0.29) is 30.6 Å². The number of carbonyl (C=O) groups is 2. The molecule has 0 aromatic heterocycles. The summed E-state index contributed by atoms with van der Waals surface area (Å²) in [6.45, 7) is 0. The minimum atomic E-state index is -5.91. The lowest BCUT2D eigenvalue weighted by molar-refractivity contribution is -0.201. The summed E-state index contributed by atoms with van der Waals surface area (Å²) in [6.07, 6.45) is 1.20. The molecule has 4 aliphatic carbocycles. The van der Waals surface area contributed by atoms with Crippen LogP contribution in [0.1, 0.15) is 32.1 Å². The van der Waals surface area contributed by atoms with Crippen molar-refractivity contribution < 1.29 is 41.2 Å². The van der Waals surface area contributed by atoms with E-state index in [2.05, 4.69) is 0 Å². The normalized spacial score (nSPS) is 39.3. The van der Waals surface area contributed by atoms with E-state index in [4.69, 9.17) is 9.29 Å². The maximum atomic E-state index is 13.3. The predicted octanol–water partition coefficient (Wildman–Crippen LogP) is 1.29. The SMILES string of the molecule is O=C(O)C12CC3CC(C1)C(OC(=O)C(F)(F)S(=O)(=O)O)[C@H](C3)C2. The zero-order chi connectivity index (χ0) is 17.2. The molecule has 0 radical (unpaired) electrons. The second-order valence-electron chi connectivity index (χ2n) is 6.92. The fourth-order valence-corrected chi connectivity index (χ4v) is 4.99. The van der Waals surface area contributed by atoms with Crippen molar-refractivity contribution in [3.8, 4) is 0 Å². The van der Waals surface area contributed by atoms with Gasteiger partial charge in [-0.2, -0.15) is 17.2 Å². The molecule has 4 fully saturated rings. The Balaban J connectivity index is 1.79. The molecule has 4 aliphatic rings. The molecule has 130 valence electrons. The fraction of sp³-hybridized carbons (Fsp3) is 0.846. The van der Waals surface area contributed by atoms with Crippen LogP contribution in [0.2, 0.25) is 0 Å². The molecule has 0 amide bonds. The molecule has 0 aromatic carbocycles. The number of carbonyl (C=O) groups excluding carboxylic acids is 1. The lowest BCUT2D eigenvalue weighted by Crippen LogP contribution is -2.58. The Hall–Kier alpha value is -1.29. The van der Waals surface area contributed by atoms with Crippen LogP contribution in [-0.4, -0.2) is 41.4 Å². The minimum Gasteiger partial charge on any atom is -0.481 e. The highest BCUT2D eigenvalue weighted by Crippen LogP contribution is 2.61. The second kappa shape index (κ2) is 4.85. The van der Waals surface area contributed by atoms with E-state index in [1.807, 2.05) is 0 Å². The van der Waals surface area contributed by atoms with Crippen LogP contribution in [0.3, 0.4) is 0 Å². The van der Waals surface area contributed by atoms with Crippen molar-refractivity contribution in [2.45, 2.75) is 43.5 Å². The van der Waals surface area contributed by atoms with Gasteiger partial charge in [-0.15, -0.1) is 0 Å². The van der Waals surface area contributed by atoms with Gasteiger partial charge in [0.15, 0.2) is 0 Å². The van der Waals surface area contributed by atoms with E-state index in [1.54, 1.807) is 0 Å². The third-order valence-corrected chi connectivity index (χ3v) is 6.26. The average molecular weight is 354 g/mol. The number of carboxylic acid groups (broad SMARTS) is 1. The largest absolute Gasteiger partial charge is 0.481 e. The van der Waals surface area contributed by atoms with Crippen molar-refractivity contribution >= 4 is 22.1 Å². The Bertz CT molecular complexity index is 643. The smallest absolute Gasteiger partial charge is 0.465 e. The van der Waals surface area contributed by atoms with E-state index in [9.17, 15) is 31.9 Å². The number of esters is 1. The molecule has 0 aromatic rings. The van der Waals surface area contributed by atoms with Gasteiger partial charge in [0.2, 0.25) is 0 Å². The second-order valence-corrected chi connectivity index (χ2v) is 8.38. The maximum absolute atomic E-state index is 13.3. The molecular weight excluding hydrogens is 338 g/mol. The first-order chi connectivity index (χ1) is 10.5. The van der Waals surface area contributed by atoms with E-state index in [1.165, 1.54) is 0 Å². The molecule has 7 nitrogen and oxygen atoms in total. The summed E-state index contributed by atoms with van der Waals surface area (Å²) in [5.74, 6) is -3.83. The third-order valence-electron chi connectivity index (χ3n) is 5.45. The number of alkyl halides is 2. The number of hydrogen-bond acceptors (Lipinski definition) is 5. The van der Waals surface area contributed by atoms with Crippen LogP contribution >= 0.6 is 0 Å². The van der Waals surface area contributed by atoms with Gasteiger partial charge in [-0.05, 0) is 49.9 Å². The van der Waals surface area contributed by atoms with Gasteiger partial charge in [0.25, 0.3) is 0 Å². The number of rotatable bonds is 4. The Morgan fingerprint density at radius 3 is 2.09 bits per heavy atom. The molecule has 4 bridgehead atoms. The van der Waals surface area contributed by atoms with E-state index < -0.39 is 38.8 Å². The highest BCUT2D eigenvalue weighted by Gasteiger charge is 2.62. The molecule has 2 N–H and O–H groups in total. The predicted molar refractivity (Wildman–Crippen MR) is 70.0 cm³/mol. The highest BCUT2D eigenvalue weighted by atomic mass is 32.2. The molecule has 10 heteroatoms. The first-order valence-electron chi connectivity index (χ1n) is 7.25. The van der Waals surface area contributed by atoms with Crippen molar-refractivity contribution in [2.75, 3.05) is 0 Å². The summed E-state index contributed by atoms with van der Waals surface area (Å²) in [5, 5.41) is 4.42. The van der Waals surface area contributed by atoms with Crippen molar-refractivity contribution in [1.82, 2.24) is 0 Å². The minimum absolute atomic E-state index is 0.153. The molecule has 0 heterocycles. The number of halogens is 2. The van der Waals surface area contributed by atoms with Crippen molar-refractivity contribution in [3.63, 3.8) is 0 Å². The molecule has 0 saturated heterocycles. The zero-order valence-corrected chi connectivity index (χ0v) is 12.8. The number of hydrogen-bond donors (Lipinski definition) is 2. The summed E-state index contributed by atoms with van der Waals surface area (Å²) in [4.78, 5) is 23.0. The lowest BCUT2D eigenvalue weighted by atomic mass is 9.48. The Morgan fingerprint density at radius 1 is 1.13 bits per heavy atom. The van der Waals surface area contributed by atoms with Crippen molar-refractivity contribution in [1.29, 1.82) is 0 Å². The van der Waals surface area contributed by atoms with Gasteiger partial charge >= 0.3 is 27.3 Å². The van der Waals surface area contributed by atoms with Crippen molar-refractivity contribution in [2.24, 2.45) is 23.2 Å². The topological polar surface area (TPSA) is 118 Å². The van der Waals surface area contributed by atoms with E-state index >= 15 is 0 Å². The highest BCUT2D eigenvalue weighted by molar-refractivity contribution is 7.87. The van der Waals surface area contributed by atoms with Gasteiger partial charge in [0.05, 0.1) is 5.41 Å². The molecule has 0 aliphatic heterocycles. The lowest BCUT2D eigenvalue weighted by Gasteiger charge is -2.57. The summed E-state index contributed by atoms with van der Waals surface area (Å²) in [5.41, 5.74) is -0.898. The third kappa shape index (κ3) is 2.42. The number of aliphatic carboxylic acids is 1. The van der Waals surface area contributed by atoms with Crippen LogP contribution in [0.5, 0.6) is 0 Å². The van der Waals surface area contributed by atoms with Crippen LogP contribution in [-0.2, 0) is 24.4 Å². The maximum Gasteiger partial charge on any atom is 0.465 e. The van der Waals surface area contributed by atoms with E-state index in [0.717, 1.165) is 0 Å². The number of carboxylic acids is 1. The first-order valence-corrected chi connectivity index (χ1v) is 8.69. The molecule has 4 unspecified atom stereocenters. The Kier molecular flexibility index (Phi) is 3.50. The summed E-state index contributed by atoms with van der Waals surface area (Å²) < 4.78 is 61.1. The van der Waals surface area contributed by atoms with Gasteiger partial charge in [-0.25, -0.2) is 4.79 Å². The summed E-state index contributed by atoms with van der Waals surface area (Å²) in [7, 11) is -5.91. The van der Waals surface area contributed by atoms with Gasteiger partial charge in [-0.3, -0.25) is 9.35 Å². The monoisotopic (exact) mass is 354 g/mol. The molecule has 4 rings (SSSR count). The molecular formula is C13H16F2O7S. The fourth-order valence-electron chi connectivity index (χ4n) is 4.73. The number of ether oxygens (including phenoxy) is 1. The van der Waals surface area contributed by atoms with Crippen molar-refractivity contribution in [3.05, 3.63) is 0 Å². The summed E-state index contributed by atoms with van der Waals surface area (Å²) in [6, 6.07) is 0. The van der Waals surface area contributed by atoms with Crippen LogP contribution in [0.25, 0.3) is 0 Å². The quantitative estimate of drug-likeness (QED) is 0.577. The summed E-state index contributed by atoms with van der Waals surface area (Å²) >= 11 is 0. The molecule has 0 spiro atoms. The van der Waals surface area contributed by atoms with Crippen LogP contribution in [0.4, 0.5) is 8.78 Å². The first kappa shape index (κ1) is 16.6. The molecule has 5 atom stereocenters. The molecule has 23 heavy (non-hydrogen) atoms. The van der Waals surface area contributed by atoms with Crippen LogP contribution in [0.15, 0.2) is 0 Å². The Morgan fingerprint density at radius 2 is 1.65 bits per heavy atom. The van der Waals surface area contributed by atoms with Crippen LogP contribution in [0, 0.1) is 23.2 Å². The van der Waals surface area contributed by atoms with Crippen LogP contribution < -0.4 is 0 Å². The molecule has 4 saturated carbocycles. The zero-order valence-electron chi connectivity index (χ0n) is 11.9. The van der Waals surface area contributed by atoms with Gasteiger partial charge in [0.1, 0.15) is 6.10 Å². The standard InChI is InChI=1S/C13H16F2O7S/c14-13(15,23(19,20)21)11(18)22-9-7-1-6-2-8(9)5-12(3-6,4-7)10(16)17/h6-9H,1-5H2,(H,16,17)(H,19,20,21)/t6?,7-,8?,9?,12?/m1/s1. The average Bonchev–Trinajstić information content (AvgIpc) is 2.40.